The molecule has 0 aromatic heterocycles. The van der Waals surface area contributed by atoms with Gasteiger partial charge in [-0.1, -0.05) is 0 Å². The van der Waals surface area contributed by atoms with Crippen molar-refractivity contribution in [1.29, 1.82) is 0 Å². The molecule has 0 heterocycles. The van der Waals surface area contributed by atoms with E-state index in [4.69, 9.17) is 14.6 Å². The van der Waals surface area contributed by atoms with Crippen molar-refractivity contribution in [3.63, 3.8) is 0 Å². The van der Waals surface area contributed by atoms with Crippen LogP contribution in [0.1, 0.15) is 43.5 Å². The number of Topliss-reactive ketones (excluding diaryl/α,β-unsaturated/α-hetero) is 2. The van der Waals surface area contributed by atoms with Crippen LogP contribution >= 0.6 is 0 Å². The maximum Gasteiger partial charge on any atom is 0.305 e. The monoisotopic (exact) mass is 352 g/mol. The summed E-state index contributed by atoms with van der Waals surface area (Å²) in [7, 11) is 0. The standard InChI is InChI=1S/C18H24O7/c1-18(2,23)17(22)13-6-8-15(9-7-13)24-10-11-25-16(21)5-3-4-14(20)12-19/h6-9,19,23H,3-5,10-12H2,1-2H3. The van der Waals surface area contributed by atoms with Gasteiger partial charge < -0.3 is 19.7 Å². The topological polar surface area (TPSA) is 110 Å². The first-order chi connectivity index (χ1) is 11.7. The quantitative estimate of drug-likeness (QED) is 0.351. The van der Waals surface area contributed by atoms with E-state index in [1.54, 1.807) is 24.3 Å². The number of esters is 1. The van der Waals surface area contributed by atoms with E-state index in [9.17, 15) is 19.5 Å². The summed E-state index contributed by atoms with van der Waals surface area (Å²) in [6, 6.07) is 6.31. The number of aliphatic hydroxyl groups excluding tert-OH is 1. The highest BCUT2D eigenvalue weighted by atomic mass is 16.6. The highest BCUT2D eigenvalue weighted by Gasteiger charge is 2.24. The Morgan fingerprint density at radius 1 is 1.04 bits per heavy atom. The number of ether oxygens (including phenoxy) is 2. The van der Waals surface area contributed by atoms with Gasteiger partial charge in [-0.25, -0.2) is 0 Å². The van der Waals surface area contributed by atoms with E-state index in [1.807, 2.05) is 0 Å². The first-order valence-electron chi connectivity index (χ1n) is 8.02. The molecule has 0 radical (unpaired) electrons. The van der Waals surface area contributed by atoms with E-state index in [1.165, 1.54) is 13.8 Å². The van der Waals surface area contributed by atoms with Gasteiger partial charge in [0.25, 0.3) is 0 Å². The molecule has 138 valence electrons. The third-order valence-corrected chi connectivity index (χ3v) is 3.30. The minimum atomic E-state index is -1.43. The van der Waals surface area contributed by atoms with E-state index < -0.39 is 18.2 Å². The second-order valence-electron chi connectivity index (χ2n) is 6.03. The molecule has 0 saturated heterocycles. The molecular formula is C18H24O7. The molecule has 7 nitrogen and oxygen atoms in total. The highest BCUT2D eigenvalue weighted by molar-refractivity contribution is 6.01. The van der Waals surface area contributed by atoms with Gasteiger partial charge in [0.2, 0.25) is 0 Å². The molecule has 0 saturated carbocycles. The van der Waals surface area contributed by atoms with Gasteiger partial charge in [-0.15, -0.1) is 0 Å². The Labute approximate surface area is 146 Å². The average Bonchev–Trinajstić information content (AvgIpc) is 2.57. The SMILES string of the molecule is CC(C)(O)C(=O)c1ccc(OCCOC(=O)CCCC(=O)CO)cc1. The number of rotatable bonds is 11. The summed E-state index contributed by atoms with van der Waals surface area (Å²) in [6.45, 7) is 2.56. The molecule has 0 aliphatic heterocycles. The molecule has 2 N–H and O–H groups in total. The first kappa shape index (κ1) is 20.8. The normalized spacial score (nSPS) is 11.0. The predicted molar refractivity (Wildman–Crippen MR) is 89.5 cm³/mol. The fourth-order valence-corrected chi connectivity index (χ4v) is 1.95. The molecule has 0 bridgehead atoms. The summed E-state index contributed by atoms with van der Waals surface area (Å²) in [5, 5.41) is 18.2. The molecule has 1 rings (SSSR count). The predicted octanol–water partition coefficient (Wildman–Crippen LogP) is 1.29. The Balaban J connectivity index is 2.27. The minimum absolute atomic E-state index is 0.0666. The first-order valence-corrected chi connectivity index (χ1v) is 8.02. The molecule has 0 spiro atoms. The van der Waals surface area contributed by atoms with Crippen LogP contribution in [0.25, 0.3) is 0 Å². The zero-order valence-corrected chi connectivity index (χ0v) is 14.5. The third-order valence-electron chi connectivity index (χ3n) is 3.30. The van der Waals surface area contributed by atoms with E-state index in [-0.39, 0.29) is 37.6 Å². The van der Waals surface area contributed by atoms with E-state index >= 15 is 0 Å². The fraction of sp³-hybridized carbons (Fsp3) is 0.500. The van der Waals surface area contributed by atoms with E-state index in [2.05, 4.69) is 0 Å². The molecule has 0 unspecified atom stereocenters. The zero-order valence-electron chi connectivity index (χ0n) is 14.5. The van der Waals surface area contributed by atoms with Crippen LogP contribution < -0.4 is 4.74 Å². The average molecular weight is 352 g/mol. The lowest BCUT2D eigenvalue weighted by molar-refractivity contribution is -0.144. The molecular weight excluding hydrogens is 328 g/mol. The molecule has 1 aromatic rings. The molecule has 0 amide bonds. The summed E-state index contributed by atoms with van der Waals surface area (Å²) >= 11 is 0. The van der Waals surface area contributed by atoms with Crippen LogP contribution in [-0.2, 0) is 14.3 Å². The summed E-state index contributed by atoms with van der Waals surface area (Å²) < 4.78 is 10.4. The Bertz CT molecular complexity index is 584. The lowest BCUT2D eigenvalue weighted by atomic mass is 9.97. The van der Waals surface area contributed by atoms with E-state index in [0.29, 0.717) is 17.7 Å². The van der Waals surface area contributed by atoms with Gasteiger partial charge in [0.1, 0.15) is 31.2 Å². The van der Waals surface area contributed by atoms with Crippen LogP contribution in [0.15, 0.2) is 24.3 Å². The van der Waals surface area contributed by atoms with Crippen LogP contribution in [0, 0.1) is 0 Å². The van der Waals surface area contributed by atoms with Gasteiger partial charge in [-0.2, -0.15) is 0 Å². The van der Waals surface area contributed by atoms with Crippen molar-refractivity contribution in [2.45, 2.75) is 38.7 Å². The second-order valence-corrected chi connectivity index (χ2v) is 6.03. The maximum absolute atomic E-state index is 11.9. The molecule has 0 aliphatic carbocycles. The van der Waals surface area contributed by atoms with Gasteiger partial charge in [0, 0.05) is 18.4 Å². The van der Waals surface area contributed by atoms with Crippen LogP contribution in [-0.4, -0.2) is 53.2 Å². The largest absolute Gasteiger partial charge is 0.490 e. The van der Waals surface area contributed by atoms with Crippen molar-refractivity contribution < 1.29 is 34.1 Å². The molecule has 0 atom stereocenters. The lowest BCUT2D eigenvalue weighted by Gasteiger charge is -2.15. The van der Waals surface area contributed by atoms with Crippen molar-refractivity contribution >= 4 is 17.5 Å². The Morgan fingerprint density at radius 2 is 1.68 bits per heavy atom. The second kappa shape index (κ2) is 9.90. The molecule has 7 heteroatoms. The Kier molecular flexibility index (Phi) is 8.24. The van der Waals surface area contributed by atoms with Crippen LogP contribution in [0.2, 0.25) is 0 Å². The van der Waals surface area contributed by atoms with Crippen molar-refractivity contribution in [3.8, 4) is 5.75 Å². The third kappa shape index (κ3) is 7.91. The van der Waals surface area contributed by atoms with Crippen molar-refractivity contribution in [2.24, 2.45) is 0 Å². The van der Waals surface area contributed by atoms with Gasteiger partial charge in [0.15, 0.2) is 11.6 Å². The van der Waals surface area contributed by atoms with Crippen molar-refractivity contribution in [1.82, 2.24) is 0 Å². The van der Waals surface area contributed by atoms with Gasteiger partial charge in [0.05, 0.1) is 0 Å². The van der Waals surface area contributed by atoms with Crippen molar-refractivity contribution in [3.05, 3.63) is 29.8 Å². The van der Waals surface area contributed by atoms with E-state index in [0.717, 1.165) is 0 Å². The minimum Gasteiger partial charge on any atom is -0.490 e. The highest BCUT2D eigenvalue weighted by Crippen LogP contribution is 2.17. The smallest absolute Gasteiger partial charge is 0.305 e. The number of ketones is 2. The number of aliphatic hydroxyl groups is 2. The number of carbonyl (C=O) groups is 3. The Hall–Kier alpha value is -2.25. The summed E-state index contributed by atoms with van der Waals surface area (Å²) in [6.07, 6.45) is 0.604. The molecule has 1 aromatic carbocycles. The number of carbonyl (C=O) groups excluding carboxylic acids is 3. The van der Waals surface area contributed by atoms with Crippen LogP contribution in [0.5, 0.6) is 5.75 Å². The van der Waals surface area contributed by atoms with Crippen LogP contribution in [0.4, 0.5) is 0 Å². The van der Waals surface area contributed by atoms with Gasteiger partial charge in [-0.3, -0.25) is 14.4 Å². The van der Waals surface area contributed by atoms with Gasteiger partial charge >= 0.3 is 5.97 Å². The van der Waals surface area contributed by atoms with Crippen LogP contribution in [0.3, 0.4) is 0 Å². The summed E-state index contributed by atoms with van der Waals surface area (Å²) in [5.74, 6) is -0.604. The maximum atomic E-state index is 11.9. The summed E-state index contributed by atoms with van der Waals surface area (Å²) in [5.41, 5.74) is -1.05. The number of hydrogen-bond donors (Lipinski definition) is 2. The summed E-state index contributed by atoms with van der Waals surface area (Å²) in [4.78, 5) is 34.2. The fourth-order valence-electron chi connectivity index (χ4n) is 1.95. The number of hydrogen-bond acceptors (Lipinski definition) is 7. The lowest BCUT2D eigenvalue weighted by Crippen LogP contribution is -2.30. The zero-order chi connectivity index (χ0) is 18.9. The molecule has 0 fully saturated rings. The van der Waals surface area contributed by atoms with Crippen molar-refractivity contribution in [2.75, 3.05) is 19.8 Å². The molecule has 25 heavy (non-hydrogen) atoms. The Morgan fingerprint density at radius 3 is 2.24 bits per heavy atom. The molecule has 0 aliphatic rings. The number of benzene rings is 1. The van der Waals surface area contributed by atoms with Gasteiger partial charge in [-0.05, 0) is 44.5 Å².